The Bertz CT molecular complexity index is 859. The molecule has 1 N–H and O–H groups in total. The van der Waals surface area contributed by atoms with Crippen LogP contribution in [0.5, 0.6) is 0 Å². The average molecular weight is 281 g/mol. The van der Waals surface area contributed by atoms with Gasteiger partial charge in [0.05, 0.1) is 11.1 Å². The molecule has 0 spiro atoms. The first-order valence-electron chi connectivity index (χ1n) is 6.45. The molecular weight excluding hydrogens is 269 g/mol. The normalized spacial score (nSPS) is 10.8. The third-order valence-electron chi connectivity index (χ3n) is 3.40. The van der Waals surface area contributed by atoms with Gasteiger partial charge in [0.1, 0.15) is 5.82 Å². The molecule has 0 saturated heterocycles. The van der Waals surface area contributed by atoms with Gasteiger partial charge in [0.25, 0.3) is 0 Å². The molecule has 0 atom stereocenters. The Morgan fingerprint density at radius 2 is 1.90 bits per heavy atom. The fraction of sp³-hybridized carbons (Fsp3) is 0.0588. The zero-order valence-electron chi connectivity index (χ0n) is 11.3. The van der Waals surface area contributed by atoms with Crippen LogP contribution in [0.15, 0.2) is 48.7 Å². The van der Waals surface area contributed by atoms with Crippen molar-refractivity contribution in [1.29, 1.82) is 0 Å². The molecule has 3 rings (SSSR count). The summed E-state index contributed by atoms with van der Waals surface area (Å²) < 4.78 is 14.2. The first-order chi connectivity index (χ1) is 10.1. The summed E-state index contributed by atoms with van der Waals surface area (Å²) in [6, 6.07) is 11.3. The summed E-state index contributed by atoms with van der Waals surface area (Å²) in [4.78, 5) is 15.3. The van der Waals surface area contributed by atoms with Gasteiger partial charge in [-0.1, -0.05) is 12.1 Å². The van der Waals surface area contributed by atoms with Gasteiger partial charge in [-0.15, -0.1) is 0 Å². The number of carboxylic acids is 1. The Kier molecular flexibility index (Phi) is 3.14. The van der Waals surface area contributed by atoms with Crippen molar-refractivity contribution in [2.45, 2.75) is 6.92 Å². The van der Waals surface area contributed by atoms with Crippen LogP contribution in [0.4, 0.5) is 4.39 Å². The van der Waals surface area contributed by atoms with Crippen LogP contribution in [-0.2, 0) is 0 Å². The van der Waals surface area contributed by atoms with Crippen molar-refractivity contribution in [1.82, 2.24) is 4.98 Å². The maximum absolute atomic E-state index is 14.2. The Labute approximate surface area is 120 Å². The van der Waals surface area contributed by atoms with Crippen LogP contribution in [0.25, 0.3) is 22.0 Å². The zero-order chi connectivity index (χ0) is 15.0. The third kappa shape index (κ3) is 2.36. The van der Waals surface area contributed by atoms with Gasteiger partial charge in [0.15, 0.2) is 0 Å². The molecule has 104 valence electrons. The van der Waals surface area contributed by atoms with Crippen molar-refractivity contribution >= 4 is 16.9 Å². The lowest BCUT2D eigenvalue weighted by molar-refractivity contribution is 0.0697. The van der Waals surface area contributed by atoms with Gasteiger partial charge in [0.2, 0.25) is 0 Å². The van der Waals surface area contributed by atoms with Crippen LogP contribution in [0.2, 0.25) is 0 Å². The lowest BCUT2D eigenvalue weighted by Crippen LogP contribution is -1.97. The van der Waals surface area contributed by atoms with Crippen LogP contribution in [0.3, 0.4) is 0 Å². The number of aromatic carboxylic acids is 1. The second-order valence-electron chi connectivity index (χ2n) is 4.88. The molecule has 3 nitrogen and oxygen atoms in total. The minimum absolute atomic E-state index is 0.157. The Morgan fingerprint density at radius 3 is 2.62 bits per heavy atom. The Balaban J connectivity index is 2.31. The van der Waals surface area contributed by atoms with E-state index in [0.29, 0.717) is 22.0 Å². The highest BCUT2D eigenvalue weighted by molar-refractivity contribution is 5.99. The van der Waals surface area contributed by atoms with Gasteiger partial charge >= 0.3 is 5.97 Å². The molecule has 3 aromatic rings. The van der Waals surface area contributed by atoms with Crippen LogP contribution < -0.4 is 0 Å². The van der Waals surface area contributed by atoms with Gasteiger partial charge in [-0.2, -0.15) is 0 Å². The summed E-state index contributed by atoms with van der Waals surface area (Å²) in [5.41, 5.74) is 2.71. The molecule has 0 saturated carbocycles. The SMILES string of the molecule is Cc1ccc(-c2ccnc3ccc(C(=O)O)cc23)c(F)c1. The number of carbonyl (C=O) groups is 1. The molecule has 0 aliphatic heterocycles. The van der Waals surface area contributed by atoms with Crippen molar-refractivity contribution in [3.05, 3.63) is 65.6 Å². The lowest BCUT2D eigenvalue weighted by atomic mass is 9.98. The first kappa shape index (κ1) is 13.2. The molecule has 0 aliphatic rings. The van der Waals surface area contributed by atoms with Gasteiger partial charge in [-0.05, 0) is 48.4 Å². The molecule has 0 fully saturated rings. The molecule has 0 unspecified atom stereocenters. The maximum atomic E-state index is 14.2. The number of hydrogen-bond donors (Lipinski definition) is 1. The third-order valence-corrected chi connectivity index (χ3v) is 3.40. The van der Waals surface area contributed by atoms with Gasteiger partial charge < -0.3 is 5.11 Å². The van der Waals surface area contributed by atoms with Gasteiger partial charge in [0, 0.05) is 17.1 Å². The summed E-state index contributed by atoms with van der Waals surface area (Å²) in [5.74, 6) is -1.35. The van der Waals surface area contributed by atoms with E-state index in [4.69, 9.17) is 5.11 Å². The number of nitrogens with zero attached hydrogens (tertiary/aromatic N) is 1. The van der Waals surface area contributed by atoms with E-state index >= 15 is 0 Å². The van der Waals surface area contributed by atoms with E-state index < -0.39 is 5.97 Å². The van der Waals surface area contributed by atoms with E-state index in [1.165, 1.54) is 18.2 Å². The summed E-state index contributed by atoms with van der Waals surface area (Å²) in [5, 5.41) is 9.73. The average Bonchev–Trinajstić information content (AvgIpc) is 2.46. The Morgan fingerprint density at radius 1 is 1.10 bits per heavy atom. The maximum Gasteiger partial charge on any atom is 0.335 e. The number of aromatic nitrogens is 1. The summed E-state index contributed by atoms with van der Waals surface area (Å²) >= 11 is 0. The minimum Gasteiger partial charge on any atom is -0.478 e. The van der Waals surface area contributed by atoms with Crippen LogP contribution in [0, 0.1) is 12.7 Å². The van der Waals surface area contributed by atoms with Crippen molar-refractivity contribution in [3.63, 3.8) is 0 Å². The van der Waals surface area contributed by atoms with Crippen molar-refractivity contribution in [2.24, 2.45) is 0 Å². The largest absolute Gasteiger partial charge is 0.478 e. The zero-order valence-corrected chi connectivity index (χ0v) is 11.3. The summed E-state index contributed by atoms with van der Waals surface area (Å²) in [7, 11) is 0. The highest BCUT2D eigenvalue weighted by atomic mass is 19.1. The van der Waals surface area contributed by atoms with Crippen molar-refractivity contribution < 1.29 is 14.3 Å². The molecule has 0 amide bonds. The number of hydrogen-bond acceptors (Lipinski definition) is 2. The number of halogens is 1. The van der Waals surface area contributed by atoms with E-state index in [1.54, 1.807) is 24.4 Å². The predicted octanol–water partition coefficient (Wildman–Crippen LogP) is 4.05. The smallest absolute Gasteiger partial charge is 0.335 e. The van der Waals surface area contributed by atoms with Crippen LogP contribution in [0.1, 0.15) is 15.9 Å². The fourth-order valence-corrected chi connectivity index (χ4v) is 2.35. The number of aryl methyl sites for hydroxylation is 1. The molecule has 0 radical (unpaired) electrons. The summed E-state index contributed by atoms with van der Waals surface area (Å²) in [6.45, 7) is 1.82. The molecule has 1 heterocycles. The molecule has 21 heavy (non-hydrogen) atoms. The lowest BCUT2D eigenvalue weighted by Gasteiger charge is -2.09. The van der Waals surface area contributed by atoms with Crippen LogP contribution in [-0.4, -0.2) is 16.1 Å². The second-order valence-corrected chi connectivity index (χ2v) is 4.88. The van der Waals surface area contributed by atoms with Gasteiger partial charge in [-0.3, -0.25) is 4.98 Å². The summed E-state index contributed by atoms with van der Waals surface area (Å²) in [6.07, 6.45) is 1.59. The van der Waals surface area contributed by atoms with E-state index in [1.807, 2.05) is 13.0 Å². The van der Waals surface area contributed by atoms with E-state index in [9.17, 15) is 9.18 Å². The topological polar surface area (TPSA) is 50.2 Å². The monoisotopic (exact) mass is 281 g/mol. The highest BCUT2D eigenvalue weighted by Gasteiger charge is 2.11. The molecule has 0 bridgehead atoms. The predicted molar refractivity (Wildman–Crippen MR) is 78.8 cm³/mol. The number of pyridine rings is 1. The van der Waals surface area contributed by atoms with Crippen LogP contribution >= 0.6 is 0 Å². The molecule has 4 heteroatoms. The fourth-order valence-electron chi connectivity index (χ4n) is 2.35. The molecule has 1 aromatic heterocycles. The van der Waals surface area contributed by atoms with Crippen molar-refractivity contribution in [2.75, 3.05) is 0 Å². The molecular formula is C17H12FNO2. The van der Waals surface area contributed by atoms with E-state index in [-0.39, 0.29) is 11.4 Å². The number of fused-ring (bicyclic) bond motifs is 1. The Hall–Kier alpha value is -2.75. The molecule has 0 aliphatic carbocycles. The first-order valence-corrected chi connectivity index (χ1v) is 6.45. The van der Waals surface area contributed by atoms with E-state index in [2.05, 4.69) is 4.98 Å². The highest BCUT2D eigenvalue weighted by Crippen LogP contribution is 2.30. The molecule has 2 aromatic carbocycles. The van der Waals surface area contributed by atoms with Gasteiger partial charge in [-0.25, -0.2) is 9.18 Å². The van der Waals surface area contributed by atoms with E-state index in [0.717, 1.165) is 5.56 Å². The number of carboxylic acid groups (broad SMARTS) is 1. The number of benzene rings is 2. The minimum atomic E-state index is -1.02. The number of rotatable bonds is 2. The quantitative estimate of drug-likeness (QED) is 0.771. The van der Waals surface area contributed by atoms with Crippen molar-refractivity contribution in [3.8, 4) is 11.1 Å². The standard InChI is InChI=1S/C17H12FNO2/c1-10-2-4-13(15(18)8-10)12-6-7-19-16-5-3-11(17(20)21)9-14(12)16/h2-9H,1H3,(H,20,21). The second kappa shape index (κ2) is 4.98.